The minimum atomic E-state index is -0.0202. The molecule has 0 aliphatic carbocycles. The molecule has 3 rings (SSSR count). The first-order valence-corrected chi connectivity index (χ1v) is 9.03. The number of benzene rings is 2. The van der Waals surface area contributed by atoms with Crippen LogP contribution in [0.15, 0.2) is 54.6 Å². The molecule has 1 atom stereocenters. The maximum absolute atomic E-state index is 12.4. The Hall–Kier alpha value is -2.08. The van der Waals surface area contributed by atoms with Crippen molar-refractivity contribution in [3.05, 3.63) is 54.6 Å². The summed E-state index contributed by atoms with van der Waals surface area (Å²) in [7, 11) is 0. The van der Waals surface area contributed by atoms with Gasteiger partial charge in [-0.3, -0.25) is 9.69 Å². The summed E-state index contributed by atoms with van der Waals surface area (Å²) in [4.78, 5) is 14.6. The third-order valence-electron chi connectivity index (χ3n) is 4.86. The average Bonchev–Trinajstić information content (AvgIpc) is 2.59. The average molecular weight is 390 g/mol. The van der Waals surface area contributed by atoms with Gasteiger partial charge in [0.05, 0.1) is 6.54 Å². The number of nitrogens with zero attached hydrogens (tertiary/aromatic N) is 1. The van der Waals surface area contributed by atoms with Crippen LogP contribution >= 0.6 is 12.4 Å². The molecule has 1 amide bonds. The first kappa shape index (κ1) is 21.2. The van der Waals surface area contributed by atoms with Crippen molar-refractivity contribution in [1.82, 2.24) is 4.90 Å². The van der Waals surface area contributed by atoms with Crippen LogP contribution in [0.5, 0.6) is 11.5 Å². The van der Waals surface area contributed by atoms with Gasteiger partial charge in [0.15, 0.2) is 0 Å². The zero-order valence-electron chi connectivity index (χ0n) is 15.9. The molecular weight excluding hydrogens is 362 g/mol. The van der Waals surface area contributed by atoms with Gasteiger partial charge in [-0.25, -0.2) is 0 Å². The molecule has 2 aromatic carbocycles. The fourth-order valence-electron chi connectivity index (χ4n) is 3.29. The summed E-state index contributed by atoms with van der Waals surface area (Å²) in [5.74, 6) is 1.44. The van der Waals surface area contributed by atoms with Crippen LogP contribution in [0.2, 0.25) is 0 Å². The molecule has 2 aromatic rings. The lowest BCUT2D eigenvalue weighted by molar-refractivity contribution is -0.118. The number of rotatable bonds is 5. The predicted octanol–water partition coefficient (Wildman–Crippen LogP) is 3.90. The number of ether oxygens (including phenoxy) is 1. The van der Waals surface area contributed by atoms with Crippen molar-refractivity contribution in [2.75, 3.05) is 25.0 Å². The topological polar surface area (TPSA) is 67.6 Å². The van der Waals surface area contributed by atoms with E-state index in [1.807, 2.05) is 54.6 Å². The minimum Gasteiger partial charge on any atom is -0.457 e. The number of nitrogens with two attached hydrogens (primary N) is 1. The smallest absolute Gasteiger partial charge is 0.238 e. The van der Waals surface area contributed by atoms with E-state index < -0.39 is 0 Å². The first-order valence-electron chi connectivity index (χ1n) is 9.03. The zero-order valence-corrected chi connectivity index (χ0v) is 16.7. The van der Waals surface area contributed by atoms with Crippen molar-refractivity contribution < 1.29 is 9.53 Å². The number of para-hydroxylation sites is 1. The van der Waals surface area contributed by atoms with E-state index in [4.69, 9.17) is 10.5 Å². The Morgan fingerprint density at radius 2 is 1.89 bits per heavy atom. The van der Waals surface area contributed by atoms with E-state index in [0.717, 1.165) is 30.9 Å². The summed E-state index contributed by atoms with van der Waals surface area (Å²) in [6.07, 6.45) is 0.917. The number of halogens is 1. The third-order valence-corrected chi connectivity index (χ3v) is 4.86. The minimum absolute atomic E-state index is 0. The Bertz CT molecular complexity index is 752. The maximum atomic E-state index is 12.4. The molecular formula is C21H28ClN3O2. The van der Waals surface area contributed by atoms with Crippen molar-refractivity contribution in [1.29, 1.82) is 0 Å². The molecule has 3 N–H and O–H groups in total. The summed E-state index contributed by atoms with van der Waals surface area (Å²) in [6.45, 7) is 6.38. The predicted molar refractivity (Wildman–Crippen MR) is 112 cm³/mol. The molecule has 0 bridgehead atoms. The van der Waals surface area contributed by atoms with Gasteiger partial charge in [0, 0.05) is 30.9 Å². The van der Waals surface area contributed by atoms with Gasteiger partial charge in [0.1, 0.15) is 11.5 Å². The Balaban J connectivity index is 0.00000261. The Morgan fingerprint density at radius 3 is 2.59 bits per heavy atom. The second-order valence-corrected chi connectivity index (χ2v) is 7.59. The number of amides is 1. The Labute approximate surface area is 167 Å². The fourth-order valence-corrected chi connectivity index (χ4v) is 3.29. The van der Waals surface area contributed by atoms with E-state index >= 15 is 0 Å². The highest BCUT2D eigenvalue weighted by molar-refractivity contribution is 5.92. The van der Waals surface area contributed by atoms with Crippen molar-refractivity contribution >= 4 is 24.0 Å². The molecule has 0 saturated carbocycles. The number of nitrogens with one attached hydrogen (secondary N) is 1. The molecule has 0 radical (unpaired) electrons. The maximum Gasteiger partial charge on any atom is 0.238 e. The lowest BCUT2D eigenvalue weighted by Gasteiger charge is -2.42. The Kier molecular flexibility index (Phi) is 7.25. The quantitative estimate of drug-likeness (QED) is 0.813. The van der Waals surface area contributed by atoms with Gasteiger partial charge < -0.3 is 15.8 Å². The molecule has 27 heavy (non-hydrogen) atoms. The van der Waals surface area contributed by atoms with Crippen LogP contribution in [-0.2, 0) is 4.79 Å². The lowest BCUT2D eigenvalue weighted by atomic mass is 9.80. The SMILES string of the molecule is CC1(C)CN(CC(=O)Nc2cccc(Oc3ccccc3)c2)CCC1N.Cl. The van der Waals surface area contributed by atoms with Gasteiger partial charge in [-0.05, 0) is 36.1 Å². The molecule has 0 aromatic heterocycles. The normalized spacial score (nSPS) is 19.0. The number of hydrogen-bond donors (Lipinski definition) is 2. The molecule has 1 saturated heterocycles. The molecule has 6 heteroatoms. The summed E-state index contributed by atoms with van der Waals surface area (Å²) in [5, 5.41) is 2.96. The molecule has 1 unspecified atom stereocenters. The lowest BCUT2D eigenvalue weighted by Crippen LogP contribution is -2.53. The third kappa shape index (κ3) is 5.96. The van der Waals surface area contributed by atoms with E-state index in [0.29, 0.717) is 12.3 Å². The summed E-state index contributed by atoms with van der Waals surface area (Å²) < 4.78 is 5.81. The van der Waals surface area contributed by atoms with E-state index in [1.54, 1.807) is 0 Å². The number of carbonyl (C=O) groups is 1. The van der Waals surface area contributed by atoms with Crippen molar-refractivity contribution in [2.24, 2.45) is 11.1 Å². The van der Waals surface area contributed by atoms with E-state index in [1.165, 1.54) is 0 Å². The van der Waals surface area contributed by atoms with E-state index in [2.05, 4.69) is 24.1 Å². The number of anilines is 1. The highest BCUT2D eigenvalue weighted by Crippen LogP contribution is 2.28. The van der Waals surface area contributed by atoms with E-state index in [-0.39, 0.29) is 29.8 Å². The van der Waals surface area contributed by atoms with E-state index in [9.17, 15) is 4.79 Å². The van der Waals surface area contributed by atoms with Crippen molar-refractivity contribution in [3.63, 3.8) is 0 Å². The molecule has 1 aliphatic rings. The monoisotopic (exact) mass is 389 g/mol. The van der Waals surface area contributed by atoms with Crippen molar-refractivity contribution in [2.45, 2.75) is 26.3 Å². The van der Waals surface area contributed by atoms with Gasteiger partial charge in [-0.15, -0.1) is 12.4 Å². The number of piperidine rings is 1. The highest BCUT2D eigenvalue weighted by atomic mass is 35.5. The van der Waals surface area contributed by atoms with Crippen molar-refractivity contribution in [3.8, 4) is 11.5 Å². The van der Waals surface area contributed by atoms with Crippen LogP contribution in [0.3, 0.4) is 0 Å². The second-order valence-electron chi connectivity index (χ2n) is 7.59. The van der Waals surface area contributed by atoms with Gasteiger partial charge in [0.25, 0.3) is 0 Å². The standard InChI is InChI=1S/C21H27N3O2.ClH/c1-21(2)15-24(12-11-19(21)22)14-20(25)23-16-7-6-10-18(13-16)26-17-8-4-3-5-9-17;/h3-10,13,19H,11-12,14-15,22H2,1-2H3,(H,23,25);1H. The van der Waals surface area contributed by atoms with Gasteiger partial charge in [-0.1, -0.05) is 38.1 Å². The summed E-state index contributed by atoms with van der Waals surface area (Å²) >= 11 is 0. The molecule has 1 fully saturated rings. The van der Waals surface area contributed by atoms with Crippen LogP contribution < -0.4 is 15.8 Å². The first-order chi connectivity index (χ1) is 12.4. The van der Waals surface area contributed by atoms with Gasteiger partial charge in [-0.2, -0.15) is 0 Å². The van der Waals surface area contributed by atoms with Gasteiger partial charge >= 0.3 is 0 Å². The van der Waals surface area contributed by atoms with Crippen LogP contribution in [0.4, 0.5) is 5.69 Å². The molecule has 146 valence electrons. The van der Waals surface area contributed by atoms with Crippen LogP contribution in [0, 0.1) is 5.41 Å². The Morgan fingerprint density at radius 1 is 1.19 bits per heavy atom. The summed E-state index contributed by atoms with van der Waals surface area (Å²) in [5.41, 5.74) is 6.93. The van der Waals surface area contributed by atoms with Crippen LogP contribution in [-0.4, -0.2) is 36.5 Å². The number of hydrogen-bond acceptors (Lipinski definition) is 4. The summed E-state index contributed by atoms with van der Waals surface area (Å²) in [6, 6.07) is 17.2. The largest absolute Gasteiger partial charge is 0.457 e. The molecule has 1 heterocycles. The highest BCUT2D eigenvalue weighted by Gasteiger charge is 2.33. The number of likely N-dealkylation sites (tertiary alicyclic amines) is 1. The van der Waals surface area contributed by atoms with Gasteiger partial charge in [0.2, 0.25) is 5.91 Å². The molecule has 5 nitrogen and oxygen atoms in total. The van der Waals surface area contributed by atoms with Crippen LogP contribution in [0.1, 0.15) is 20.3 Å². The second kappa shape index (κ2) is 9.22. The number of carbonyl (C=O) groups excluding carboxylic acids is 1. The zero-order chi connectivity index (χ0) is 18.6. The fraction of sp³-hybridized carbons (Fsp3) is 0.381. The molecule has 1 aliphatic heterocycles. The van der Waals surface area contributed by atoms with Crippen LogP contribution in [0.25, 0.3) is 0 Å². The molecule has 0 spiro atoms.